The number of hydrogen-bond donors (Lipinski definition) is 4. The van der Waals surface area contributed by atoms with Crippen molar-refractivity contribution >= 4 is 28.7 Å². The predicted octanol–water partition coefficient (Wildman–Crippen LogP) is 1.78. The van der Waals surface area contributed by atoms with Gasteiger partial charge in [-0.2, -0.15) is 0 Å². The third-order valence-corrected chi connectivity index (χ3v) is 3.96. The van der Waals surface area contributed by atoms with E-state index >= 15 is 0 Å². The van der Waals surface area contributed by atoms with Gasteiger partial charge in [-0.3, -0.25) is 9.59 Å². The van der Waals surface area contributed by atoms with Crippen LogP contribution in [0.1, 0.15) is 25.3 Å². The third-order valence-electron chi connectivity index (χ3n) is 3.96. The van der Waals surface area contributed by atoms with Crippen LogP contribution in [0.15, 0.2) is 30.5 Å². The predicted molar refractivity (Wildman–Crippen MR) is 87.6 cm³/mol. The van der Waals surface area contributed by atoms with Gasteiger partial charge in [0.2, 0.25) is 5.91 Å². The van der Waals surface area contributed by atoms with E-state index in [4.69, 9.17) is 5.11 Å². The highest BCUT2D eigenvalue weighted by molar-refractivity contribution is 5.86. The van der Waals surface area contributed by atoms with Crippen LogP contribution >= 0.6 is 0 Å². The summed E-state index contributed by atoms with van der Waals surface area (Å²) in [6, 6.07) is 6.46. The number of aliphatic carboxylic acids is 2. The van der Waals surface area contributed by atoms with Gasteiger partial charge in [0.05, 0.1) is 5.92 Å². The average molecular weight is 332 g/mol. The molecule has 0 saturated heterocycles. The van der Waals surface area contributed by atoms with Crippen LogP contribution in [-0.2, 0) is 20.8 Å². The number of nitrogens with one attached hydrogen (secondary N) is 2. The molecule has 0 spiro atoms. The molecule has 2 atom stereocenters. The minimum Gasteiger partial charge on any atom is -0.481 e. The van der Waals surface area contributed by atoms with Gasteiger partial charge >= 0.3 is 11.9 Å². The first kappa shape index (κ1) is 17.5. The van der Waals surface area contributed by atoms with E-state index in [1.165, 1.54) is 6.92 Å². The summed E-state index contributed by atoms with van der Waals surface area (Å²) in [7, 11) is 0. The molecule has 2 rings (SSSR count). The average Bonchev–Trinajstić information content (AvgIpc) is 2.95. The fraction of sp³-hybridized carbons (Fsp3) is 0.353. The van der Waals surface area contributed by atoms with E-state index in [2.05, 4.69) is 10.3 Å². The van der Waals surface area contributed by atoms with Gasteiger partial charge in [-0.15, -0.1) is 0 Å². The molecule has 0 aliphatic carbocycles. The summed E-state index contributed by atoms with van der Waals surface area (Å²) >= 11 is 0. The first-order valence-electron chi connectivity index (χ1n) is 7.68. The lowest BCUT2D eigenvalue weighted by Crippen LogP contribution is -2.42. The van der Waals surface area contributed by atoms with Crippen LogP contribution in [0.5, 0.6) is 0 Å². The third kappa shape index (κ3) is 4.34. The van der Waals surface area contributed by atoms with Gasteiger partial charge in [0.25, 0.3) is 0 Å². The zero-order valence-electron chi connectivity index (χ0n) is 13.3. The van der Waals surface area contributed by atoms with E-state index in [-0.39, 0.29) is 19.3 Å². The number of hydrogen-bond acceptors (Lipinski definition) is 3. The molecule has 2 unspecified atom stereocenters. The first-order valence-corrected chi connectivity index (χ1v) is 7.68. The monoisotopic (exact) mass is 332 g/mol. The Balaban J connectivity index is 2.01. The molecule has 0 aliphatic rings. The Bertz CT molecular complexity index is 752. The van der Waals surface area contributed by atoms with Gasteiger partial charge in [-0.25, -0.2) is 4.79 Å². The Hall–Kier alpha value is -2.83. The number of carbonyl (C=O) groups excluding carboxylic acids is 1. The molecule has 24 heavy (non-hydrogen) atoms. The zero-order chi connectivity index (χ0) is 17.7. The molecule has 1 amide bonds. The van der Waals surface area contributed by atoms with Crippen LogP contribution in [0.25, 0.3) is 10.9 Å². The molecule has 7 nitrogen and oxygen atoms in total. The van der Waals surface area contributed by atoms with Crippen molar-refractivity contribution in [1.29, 1.82) is 0 Å². The minimum absolute atomic E-state index is 0.0227. The fourth-order valence-corrected chi connectivity index (χ4v) is 2.46. The molecule has 7 heteroatoms. The number of para-hydroxylation sites is 1. The Morgan fingerprint density at radius 2 is 1.88 bits per heavy atom. The van der Waals surface area contributed by atoms with E-state index in [0.29, 0.717) is 0 Å². The van der Waals surface area contributed by atoms with Gasteiger partial charge in [-0.1, -0.05) is 25.1 Å². The van der Waals surface area contributed by atoms with Crippen molar-refractivity contribution in [2.75, 3.05) is 0 Å². The number of H-pyrrole nitrogens is 1. The summed E-state index contributed by atoms with van der Waals surface area (Å²) in [5.74, 6) is -3.21. The molecule has 0 saturated carbocycles. The van der Waals surface area contributed by atoms with Gasteiger partial charge < -0.3 is 20.5 Å². The van der Waals surface area contributed by atoms with Crippen molar-refractivity contribution in [3.05, 3.63) is 36.0 Å². The second kappa shape index (κ2) is 7.63. The van der Waals surface area contributed by atoms with E-state index in [9.17, 15) is 19.5 Å². The summed E-state index contributed by atoms with van der Waals surface area (Å²) in [5, 5.41) is 21.5. The lowest BCUT2D eigenvalue weighted by molar-refractivity contribution is -0.143. The van der Waals surface area contributed by atoms with Crippen molar-refractivity contribution < 1.29 is 24.6 Å². The van der Waals surface area contributed by atoms with Crippen molar-refractivity contribution in [3.8, 4) is 0 Å². The first-order chi connectivity index (χ1) is 11.4. The smallest absolute Gasteiger partial charge is 0.326 e. The molecule has 0 bridgehead atoms. The summed E-state index contributed by atoms with van der Waals surface area (Å²) in [4.78, 5) is 37.1. The van der Waals surface area contributed by atoms with Crippen molar-refractivity contribution in [3.63, 3.8) is 0 Å². The largest absolute Gasteiger partial charge is 0.481 e. The van der Waals surface area contributed by atoms with Crippen LogP contribution in [-0.4, -0.2) is 39.1 Å². The number of fused-ring (bicyclic) bond motifs is 1. The highest BCUT2D eigenvalue weighted by Gasteiger charge is 2.22. The van der Waals surface area contributed by atoms with E-state index in [0.717, 1.165) is 16.5 Å². The second-order valence-corrected chi connectivity index (χ2v) is 5.80. The quantitative estimate of drug-likeness (QED) is 0.587. The number of amides is 1. The van der Waals surface area contributed by atoms with Gasteiger partial charge in [0.1, 0.15) is 6.04 Å². The summed E-state index contributed by atoms with van der Waals surface area (Å²) in [6.07, 6.45) is 2.03. The van der Waals surface area contributed by atoms with Crippen LogP contribution in [0.3, 0.4) is 0 Å². The number of carboxylic acids is 2. The molecule has 1 heterocycles. The highest BCUT2D eigenvalue weighted by atomic mass is 16.4. The number of carboxylic acid groups (broad SMARTS) is 2. The van der Waals surface area contributed by atoms with E-state index in [1.54, 1.807) is 6.20 Å². The van der Waals surface area contributed by atoms with Gasteiger partial charge in [0.15, 0.2) is 0 Å². The SMILES string of the molecule is CC(CCC(=O)NC(Cc1c[nH]c2ccccc12)C(=O)O)C(=O)O. The van der Waals surface area contributed by atoms with E-state index < -0.39 is 29.8 Å². The molecule has 1 aromatic heterocycles. The van der Waals surface area contributed by atoms with Crippen LogP contribution < -0.4 is 5.32 Å². The van der Waals surface area contributed by atoms with Gasteiger partial charge in [0, 0.05) is 29.9 Å². The summed E-state index contributed by atoms with van der Waals surface area (Å²) in [5.41, 5.74) is 1.70. The highest BCUT2D eigenvalue weighted by Crippen LogP contribution is 2.19. The maximum atomic E-state index is 11.9. The Morgan fingerprint density at radius 3 is 2.54 bits per heavy atom. The van der Waals surface area contributed by atoms with Crippen LogP contribution in [0.4, 0.5) is 0 Å². The molecular weight excluding hydrogens is 312 g/mol. The Morgan fingerprint density at radius 1 is 1.17 bits per heavy atom. The maximum absolute atomic E-state index is 11.9. The summed E-state index contributed by atoms with van der Waals surface area (Å²) in [6.45, 7) is 1.51. The lowest BCUT2D eigenvalue weighted by atomic mass is 10.0. The van der Waals surface area contributed by atoms with Crippen LogP contribution in [0.2, 0.25) is 0 Å². The number of aromatic amines is 1. The minimum atomic E-state index is -1.13. The van der Waals surface area contributed by atoms with Crippen LogP contribution in [0, 0.1) is 5.92 Å². The van der Waals surface area contributed by atoms with Crippen molar-refractivity contribution in [1.82, 2.24) is 10.3 Å². The molecule has 0 fully saturated rings. The lowest BCUT2D eigenvalue weighted by Gasteiger charge is -2.15. The number of aromatic nitrogens is 1. The fourth-order valence-electron chi connectivity index (χ4n) is 2.46. The molecule has 2 aromatic rings. The van der Waals surface area contributed by atoms with Crippen molar-refractivity contribution in [2.24, 2.45) is 5.92 Å². The molecule has 0 aliphatic heterocycles. The second-order valence-electron chi connectivity index (χ2n) is 5.80. The molecule has 128 valence electrons. The topological polar surface area (TPSA) is 119 Å². The van der Waals surface area contributed by atoms with Crippen molar-refractivity contribution in [2.45, 2.75) is 32.2 Å². The van der Waals surface area contributed by atoms with Gasteiger partial charge in [-0.05, 0) is 18.1 Å². The molecule has 0 radical (unpaired) electrons. The normalized spacial score (nSPS) is 13.4. The molecule has 1 aromatic carbocycles. The summed E-state index contributed by atoms with van der Waals surface area (Å²) < 4.78 is 0. The molecular formula is C17H20N2O5. The number of benzene rings is 1. The van der Waals surface area contributed by atoms with E-state index in [1.807, 2.05) is 24.3 Å². The standard InChI is InChI=1S/C17H20N2O5/c1-10(16(21)22)6-7-15(20)19-14(17(23)24)8-11-9-18-13-5-3-2-4-12(11)13/h2-5,9-10,14,18H,6-8H2,1H3,(H,19,20)(H,21,22)(H,23,24). The number of rotatable bonds is 8. The molecule has 4 N–H and O–H groups in total. The Kier molecular flexibility index (Phi) is 5.57. The maximum Gasteiger partial charge on any atom is 0.326 e. The zero-order valence-corrected chi connectivity index (χ0v) is 13.3. The number of carbonyl (C=O) groups is 3. The Labute approximate surface area is 138 Å².